The second-order valence-electron chi connectivity index (χ2n) is 3.18. The van der Waals surface area contributed by atoms with Gasteiger partial charge in [0.15, 0.2) is 0 Å². The molecule has 0 unspecified atom stereocenters. The molecule has 0 spiro atoms. The minimum atomic E-state index is 0.742. The molecule has 0 radical (unpaired) electrons. The van der Waals surface area contributed by atoms with E-state index in [0.29, 0.717) is 0 Å². The lowest BCUT2D eigenvalue weighted by Gasteiger charge is -2.10. The zero-order valence-corrected chi connectivity index (χ0v) is 10.6. The van der Waals surface area contributed by atoms with Crippen LogP contribution < -0.4 is 5.32 Å². The van der Waals surface area contributed by atoms with E-state index in [1.54, 1.807) is 0 Å². The van der Waals surface area contributed by atoms with Gasteiger partial charge in [-0.05, 0) is 47.0 Å². The summed E-state index contributed by atoms with van der Waals surface area (Å²) in [5, 5.41) is 3.29. The van der Waals surface area contributed by atoms with Crippen LogP contribution in [0.5, 0.6) is 0 Å². The van der Waals surface area contributed by atoms with Crippen molar-refractivity contribution in [1.82, 2.24) is 0 Å². The van der Waals surface area contributed by atoms with Gasteiger partial charge in [0.1, 0.15) is 0 Å². The Hall–Kier alpha value is -0.470. The monoisotopic (exact) mass is 273 g/mol. The summed E-state index contributed by atoms with van der Waals surface area (Å²) in [5.74, 6) is 0. The van der Waals surface area contributed by atoms with Gasteiger partial charge in [0.2, 0.25) is 0 Å². The molecule has 14 heavy (non-hydrogen) atoms. The highest BCUT2D eigenvalue weighted by Crippen LogP contribution is 2.27. The molecule has 0 bridgehead atoms. The van der Waals surface area contributed by atoms with Crippen molar-refractivity contribution in [3.05, 3.63) is 39.3 Å². The van der Waals surface area contributed by atoms with Crippen molar-refractivity contribution >= 4 is 33.2 Å². The second kappa shape index (κ2) is 5.42. The van der Waals surface area contributed by atoms with Crippen LogP contribution in [-0.4, -0.2) is 6.54 Å². The molecule has 0 atom stereocenters. The van der Waals surface area contributed by atoms with Gasteiger partial charge in [-0.1, -0.05) is 23.7 Å². The summed E-state index contributed by atoms with van der Waals surface area (Å²) in [4.78, 5) is 0. The first-order chi connectivity index (χ1) is 6.65. The van der Waals surface area contributed by atoms with E-state index in [0.717, 1.165) is 16.7 Å². The Kier molecular flexibility index (Phi) is 4.49. The van der Waals surface area contributed by atoms with E-state index in [9.17, 15) is 0 Å². The Morgan fingerprint density at radius 3 is 2.71 bits per heavy atom. The number of hydrogen-bond acceptors (Lipinski definition) is 1. The quantitative estimate of drug-likeness (QED) is 0.870. The van der Waals surface area contributed by atoms with Crippen molar-refractivity contribution in [2.45, 2.75) is 13.8 Å². The zero-order valence-electron chi connectivity index (χ0n) is 8.27. The van der Waals surface area contributed by atoms with Crippen LogP contribution in [0.3, 0.4) is 0 Å². The van der Waals surface area contributed by atoms with Crippen LogP contribution in [0.25, 0.3) is 0 Å². The minimum Gasteiger partial charge on any atom is -0.380 e. The third-order valence-electron chi connectivity index (χ3n) is 1.92. The van der Waals surface area contributed by atoms with Crippen molar-refractivity contribution < 1.29 is 0 Å². The predicted molar refractivity (Wildman–Crippen MR) is 67.1 cm³/mol. The Labute approximate surface area is 98.3 Å². The fourth-order valence-electron chi connectivity index (χ4n) is 1.35. The fourth-order valence-corrected chi connectivity index (χ4v) is 2.25. The summed E-state index contributed by atoms with van der Waals surface area (Å²) in [6.07, 6.45) is 1.87. The third kappa shape index (κ3) is 3.03. The Morgan fingerprint density at radius 2 is 2.14 bits per heavy atom. The molecule has 0 saturated carbocycles. The number of anilines is 1. The van der Waals surface area contributed by atoms with Gasteiger partial charge >= 0.3 is 0 Å². The average Bonchev–Trinajstić information content (AvgIpc) is 2.09. The maximum Gasteiger partial charge on any atom is 0.0516 e. The van der Waals surface area contributed by atoms with Crippen LogP contribution >= 0.6 is 27.5 Å². The van der Waals surface area contributed by atoms with Crippen LogP contribution in [0.2, 0.25) is 0 Å². The van der Waals surface area contributed by atoms with Crippen molar-refractivity contribution in [1.29, 1.82) is 0 Å². The van der Waals surface area contributed by atoms with Gasteiger partial charge in [0, 0.05) is 16.6 Å². The molecule has 1 N–H and O–H groups in total. The van der Waals surface area contributed by atoms with Crippen molar-refractivity contribution in [2.24, 2.45) is 0 Å². The van der Waals surface area contributed by atoms with Gasteiger partial charge in [-0.15, -0.1) is 0 Å². The first-order valence-electron chi connectivity index (χ1n) is 4.41. The zero-order chi connectivity index (χ0) is 10.6. The van der Waals surface area contributed by atoms with Gasteiger partial charge in [0.05, 0.1) is 5.69 Å². The van der Waals surface area contributed by atoms with Gasteiger partial charge in [-0.25, -0.2) is 0 Å². The van der Waals surface area contributed by atoms with E-state index in [4.69, 9.17) is 11.6 Å². The van der Waals surface area contributed by atoms with Gasteiger partial charge in [0.25, 0.3) is 0 Å². The summed E-state index contributed by atoms with van der Waals surface area (Å²) in [5.41, 5.74) is 5.14. The highest BCUT2D eigenvalue weighted by molar-refractivity contribution is 9.10. The van der Waals surface area contributed by atoms with E-state index >= 15 is 0 Å². The fraction of sp³-hybridized carbons (Fsp3) is 0.273. The molecular formula is C11H13BrClN. The Morgan fingerprint density at radius 1 is 1.43 bits per heavy atom. The number of hydrogen-bond donors (Lipinski definition) is 1. The van der Waals surface area contributed by atoms with Gasteiger partial charge < -0.3 is 5.32 Å². The largest absolute Gasteiger partial charge is 0.380 e. The molecule has 1 aromatic carbocycles. The first-order valence-corrected chi connectivity index (χ1v) is 5.64. The summed E-state index contributed by atoms with van der Waals surface area (Å²) in [6.45, 7) is 4.91. The molecule has 1 rings (SSSR count). The maximum atomic E-state index is 5.44. The van der Waals surface area contributed by atoms with Crippen LogP contribution in [0, 0.1) is 13.8 Å². The topological polar surface area (TPSA) is 12.0 Å². The molecule has 1 nitrogen and oxygen atoms in total. The molecule has 0 aliphatic heterocycles. The lowest BCUT2D eigenvalue weighted by atomic mass is 10.1. The first kappa shape index (κ1) is 11.6. The van der Waals surface area contributed by atoms with Crippen LogP contribution in [0.1, 0.15) is 11.1 Å². The standard InChI is InChI=1S/C11H13BrClN/c1-8-6-9(2)11(10(12)7-8)14-5-3-4-13/h3-4,6-7,14H,5H2,1-2H3/b4-3+. The van der Waals surface area contributed by atoms with Gasteiger partial charge in [-0.3, -0.25) is 0 Å². The number of benzene rings is 1. The van der Waals surface area contributed by atoms with E-state index < -0.39 is 0 Å². The number of rotatable bonds is 3. The van der Waals surface area contributed by atoms with Crippen LogP contribution in [-0.2, 0) is 0 Å². The van der Waals surface area contributed by atoms with Gasteiger partial charge in [-0.2, -0.15) is 0 Å². The van der Waals surface area contributed by atoms with Crippen LogP contribution in [0.15, 0.2) is 28.2 Å². The lowest BCUT2D eigenvalue weighted by Crippen LogP contribution is -2.01. The summed E-state index contributed by atoms with van der Waals surface area (Å²) in [6, 6.07) is 4.25. The highest BCUT2D eigenvalue weighted by Gasteiger charge is 2.02. The van der Waals surface area contributed by atoms with E-state index in [1.165, 1.54) is 16.7 Å². The molecule has 3 heteroatoms. The minimum absolute atomic E-state index is 0.742. The van der Waals surface area contributed by atoms with E-state index in [-0.39, 0.29) is 0 Å². The Bertz CT molecular complexity index is 324. The molecule has 0 fully saturated rings. The van der Waals surface area contributed by atoms with E-state index in [1.807, 2.05) is 6.08 Å². The number of aryl methyl sites for hydroxylation is 2. The normalized spacial score (nSPS) is 10.9. The van der Waals surface area contributed by atoms with Crippen LogP contribution in [0.4, 0.5) is 5.69 Å². The highest BCUT2D eigenvalue weighted by atomic mass is 79.9. The smallest absolute Gasteiger partial charge is 0.0516 e. The molecule has 76 valence electrons. The Balaban J connectivity index is 2.85. The maximum absolute atomic E-state index is 5.44. The molecular weight excluding hydrogens is 261 g/mol. The molecule has 1 aromatic rings. The number of halogens is 2. The third-order valence-corrected chi connectivity index (χ3v) is 2.72. The molecule has 0 aromatic heterocycles. The molecule has 0 aliphatic carbocycles. The lowest BCUT2D eigenvalue weighted by molar-refractivity contribution is 1.27. The second-order valence-corrected chi connectivity index (χ2v) is 4.29. The predicted octanol–water partition coefficient (Wildman–Crippen LogP) is 4.23. The number of nitrogens with one attached hydrogen (secondary N) is 1. The summed E-state index contributed by atoms with van der Waals surface area (Å²) in [7, 11) is 0. The van der Waals surface area contributed by atoms with E-state index in [2.05, 4.69) is 47.2 Å². The molecule has 0 aliphatic rings. The molecule has 0 heterocycles. The summed E-state index contributed by atoms with van der Waals surface area (Å²) < 4.78 is 1.10. The average molecular weight is 275 g/mol. The van der Waals surface area contributed by atoms with Crippen molar-refractivity contribution in [3.63, 3.8) is 0 Å². The van der Waals surface area contributed by atoms with Crippen molar-refractivity contribution in [3.8, 4) is 0 Å². The summed E-state index contributed by atoms with van der Waals surface area (Å²) >= 11 is 8.97. The SMILES string of the molecule is Cc1cc(C)c(NC/C=C/Cl)c(Br)c1. The molecule has 0 amide bonds. The molecule has 0 saturated heterocycles. The van der Waals surface area contributed by atoms with Crippen molar-refractivity contribution in [2.75, 3.05) is 11.9 Å².